The summed E-state index contributed by atoms with van der Waals surface area (Å²) in [6.07, 6.45) is 0.830. The van der Waals surface area contributed by atoms with Gasteiger partial charge >= 0.3 is 0 Å². The second kappa shape index (κ2) is 5.21. The highest BCUT2D eigenvalue weighted by atomic mass is 32.2. The van der Waals surface area contributed by atoms with E-state index in [1.807, 2.05) is 33.8 Å². The topological polar surface area (TPSA) is 74.8 Å². The summed E-state index contributed by atoms with van der Waals surface area (Å²) in [5, 5.41) is 6.87. The molecular weight excluding hydrogens is 294 g/mol. The number of aromatic amines is 1. The first-order valence-electron chi connectivity index (χ1n) is 6.40. The summed E-state index contributed by atoms with van der Waals surface area (Å²) >= 11 is 1.28. The van der Waals surface area contributed by atoms with Crippen LogP contribution < -0.4 is 4.72 Å². The van der Waals surface area contributed by atoms with E-state index in [4.69, 9.17) is 0 Å². The minimum absolute atomic E-state index is 0.102. The van der Waals surface area contributed by atoms with E-state index in [1.165, 1.54) is 11.3 Å². The van der Waals surface area contributed by atoms with E-state index in [0.29, 0.717) is 10.0 Å². The number of aryl methyl sites for hydroxylation is 1. The molecule has 0 saturated heterocycles. The van der Waals surface area contributed by atoms with E-state index in [-0.39, 0.29) is 5.41 Å². The molecule has 0 radical (unpaired) electrons. The Kier molecular flexibility index (Phi) is 3.93. The fourth-order valence-electron chi connectivity index (χ4n) is 1.64. The molecule has 0 atom stereocenters. The molecule has 2 rings (SSSR count). The molecule has 5 nitrogen and oxygen atoms in total. The number of aromatic nitrogens is 2. The average Bonchev–Trinajstić information content (AvgIpc) is 2.95. The maximum atomic E-state index is 12.2. The van der Waals surface area contributed by atoms with Gasteiger partial charge in [-0.3, -0.25) is 9.82 Å². The van der Waals surface area contributed by atoms with Crippen molar-refractivity contribution < 1.29 is 8.42 Å². The van der Waals surface area contributed by atoms with Crippen LogP contribution in [0.4, 0.5) is 5.82 Å². The number of hydrogen-bond acceptors (Lipinski definition) is 4. The molecule has 0 bridgehead atoms. The number of anilines is 1. The molecule has 0 aliphatic heterocycles. The van der Waals surface area contributed by atoms with Crippen molar-refractivity contribution in [3.8, 4) is 0 Å². The Morgan fingerprint density at radius 1 is 1.35 bits per heavy atom. The van der Waals surface area contributed by atoms with Gasteiger partial charge in [0.1, 0.15) is 4.21 Å². The molecule has 0 fully saturated rings. The summed E-state index contributed by atoms with van der Waals surface area (Å²) < 4.78 is 27.3. The molecule has 0 aliphatic rings. The van der Waals surface area contributed by atoms with Crippen LogP contribution in [0.3, 0.4) is 0 Å². The summed E-state index contributed by atoms with van der Waals surface area (Å²) in [5.74, 6) is 0.321. The molecule has 20 heavy (non-hydrogen) atoms. The number of thiophene rings is 1. The van der Waals surface area contributed by atoms with Crippen molar-refractivity contribution in [2.45, 2.75) is 43.7 Å². The SMILES string of the molecule is CCc1ccc(S(=O)(=O)Nc2cc(C(C)(C)C)[nH]n2)s1. The third-order valence-corrected chi connectivity index (χ3v) is 5.95. The van der Waals surface area contributed by atoms with Crippen LogP contribution in [0.1, 0.15) is 38.3 Å². The second-order valence-electron chi connectivity index (χ2n) is 5.60. The van der Waals surface area contributed by atoms with Gasteiger partial charge in [0.2, 0.25) is 0 Å². The lowest BCUT2D eigenvalue weighted by molar-refractivity contribution is 0.567. The first kappa shape index (κ1) is 15.1. The van der Waals surface area contributed by atoms with Gasteiger partial charge in [0.25, 0.3) is 10.0 Å². The highest BCUT2D eigenvalue weighted by Gasteiger charge is 2.21. The molecule has 110 valence electrons. The molecule has 0 aromatic carbocycles. The maximum Gasteiger partial charge on any atom is 0.272 e. The van der Waals surface area contributed by atoms with Gasteiger partial charge in [0, 0.05) is 22.1 Å². The van der Waals surface area contributed by atoms with Gasteiger partial charge in [-0.15, -0.1) is 11.3 Å². The lowest BCUT2D eigenvalue weighted by Gasteiger charge is -2.14. The van der Waals surface area contributed by atoms with E-state index in [0.717, 1.165) is 17.0 Å². The van der Waals surface area contributed by atoms with Crippen molar-refractivity contribution >= 4 is 27.2 Å². The van der Waals surface area contributed by atoms with Gasteiger partial charge in [-0.25, -0.2) is 8.42 Å². The van der Waals surface area contributed by atoms with E-state index in [9.17, 15) is 8.42 Å². The predicted molar refractivity (Wildman–Crippen MR) is 81.8 cm³/mol. The van der Waals surface area contributed by atoms with E-state index < -0.39 is 10.0 Å². The summed E-state index contributed by atoms with van der Waals surface area (Å²) in [6.45, 7) is 8.10. The normalized spacial score (nSPS) is 12.6. The first-order chi connectivity index (χ1) is 9.22. The van der Waals surface area contributed by atoms with Crippen molar-refractivity contribution in [1.29, 1.82) is 0 Å². The number of H-pyrrole nitrogens is 1. The zero-order chi connectivity index (χ0) is 15.0. The van der Waals surface area contributed by atoms with Crippen molar-refractivity contribution in [2.24, 2.45) is 0 Å². The number of nitrogens with one attached hydrogen (secondary N) is 2. The highest BCUT2D eigenvalue weighted by molar-refractivity contribution is 7.94. The fourth-order valence-corrected chi connectivity index (χ4v) is 3.93. The van der Waals surface area contributed by atoms with E-state index in [1.54, 1.807) is 12.1 Å². The third kappa shape index (κ3) is 3.21. The number of rotatable bonds is 4. The van der Waals surface area contributed by atoms with Crippen LogP contribution in [0.25, 0.3) is 0 Å². The van der Waals surface area contributed by atoms with Crippen LogP contribution in [0, 0.1) is 0 Å². The van der Waals surface area contributed by atoms with Crippen LogP contribution >= 0.6 is 11.3 Å². The van der Waals surface area contributed by atoms with Crippen molar-refractivity contribution in [1.82, 2.24) is 10.2 Å². The summed E-state index contributed by atoms with van der Waals surface area (Å²) in [4.78, 5) is 1.04. The quantitative estimate of drug-likeness (QED) is 0.910. The number of nitrogens with zero attached hydrogens (tertiary/aromatic N) is 1. The average molecular weight is 313 g/mol. The second-order valence-corrected chi connectivity index (χ2v) is 8.67. The summed E-state index contributed by atoms with van der Waals surface area (Å²) in [6, 6.07) is 5.19. The summed E-state index contributed by atoms with van der Waals surface area (Å²) in [5.41, 5.74) is 0.783. The Balaban J connectivity index is 2.22. The minimum Gasteiger partial charge on any atom is -0.280 e. The smallest absolute Gasteiger partial charge is 0.272 e. The molecule has 0 saturated carbocycles. The maximum absolute atomic E-state index is 12.2. The zero-order valence-corrected chi connectivity index (χ0v) is 13.7. The molecule has 7 heteroatoms. The molecule has 2 heterocycles. The van der Waals surface area contributed by atoms with Crippen LogP contribution in [0.2, 0.25) is 0 Å². The van der Waals surface area contributed by atoms with Crippen molar-refractivity contribution in [3.05, 3.63) is 28.8 Å². The molecule has 0 aliphatic carbocycles. The predicted octanol–water partition coefficient (Wildman–Crippen LogP) is 3.13. The van der Waals surface area contributed by atoms with Gasteiger partial charge in [-0.1, -0.05) is 27.7 Å². The summed E-state index contributed by atoms with van der Waals surface area (Å²) in [7, 11) is -3.55. The van der Waals surface area contributed by atoms with E-state index >= 15 is 0 Å². The minimum atomic E-state index is -3.55. The van der Waals surface area contributed by atoms with Crippen LogP contribution in [0.5, 0.6) is 0 Å². The largest absolute Gasteiger partial charge is 0.280 e. The van der Waals surface area contributed by atoms with Gasteiger partial charge in [0.15, 0.2) is 5.82 Å². The Hall–Kier alpha value is -1.34. The van der Waals surface area contributed by atoms with Crippen LogP contribution in [0.15, 0.2) is 22.4 Å². The molecule has 2 aromatic heterocycles. The molecular formula is C13H19N3O2S2. The van der Waals surface area contributed by atoms with Crippen molar-refractivity contribution in [2.75, 3.05) is 4.72 Å². The van der Waals surface area contributed by atoms with Gasteiger partial charge in [-0.05, 0) is 18.6 Å². The number of hydrogen-bond donors (Lipinski definition) is 2. The van der Waals surface area contributed by atoms with Crippen LogP contribution in [-0.4, -0.2) is 18.6 Å². The Bertz CT molecular complexity index is 693. The van der Waals surface area contributed by atoms with Gasteiger partial charge < -0.3 is 0 Å². The monoisotopic (exact) mass is 313 g/mol. The molecule has 2 N–H and O–H groups in total. The lowest BCUT2D eigenvalue weighted by Crippen LogP contribution is -2.12. The van der Waals surface area contributed by atoms with Gasteiger partial charge in [-0.2, -0.15) is 5.10 Å². The first-order valence-corrected chi connectivity index (χ1v) is 8.70. The van der Waals surface area contributed by atoms with Crippen molar-refractivity contribution in [3.63, 3.8) is 0 Å². The molecule has 0 spiro atoms. The molecule has 0 amide bonds. The molecule has 2 aromatic rings. The standard InChI is InChI=1S/C13H19N3O2S2/c1-5-9-6-7-12(19-9)20(17,18)16-11-8-10(14-15-11)13(2,3)4/h6-8H,5H2,1-4H3,(H2,14,15,16). The third-order valence-electron chi connectivity index (χ3n) is 2.88. The van der Waals surface area contributed by atoms with E-state index in [2.05, 4.69) is 14.9 Å². The highest BCUT2D eigenvalue weighted by Crippen LogP contribution is 2.26. The fraction of sp³-hybridized carbons (Fsp3) is 0.462. The lowest BCUT2D eigenvalue weighted by atomic mass is 9.92. The Labute approximate surface area is 123 Å². The molecule has 0 unspecified atom stereocenters. The van der Waals surface area contributed by atoms with Gasteiger partial charge in [0.05, 0.1) is 0 Å². The Morgan fingerprint density at radius 3 is 2.55 bits per heavy atom. The van der Waals surface area contributed by atoms with Crippen LogP contribution in [-0.2, 0) is 21.9 Å². The number of sulfonamides is 1. The Morgan fingerprint density at radius 2 is 2.05 bits per heavy atom. The zero-order valence-electron chi connectivity index (χ0n) is 12.0.